The van der Waals surface area contributed by atoms with Gasteiger partial charge in [-0.1, -0.05) is 26.2 Å². The van der Waals surface area contributed by atoms with Crippen molar-refractivity contribution >= 4 is 47.2 Å². The van der Waals surface area contributed by atoms with E-state index < -0.39 is 0 Å². The van der Waals surface area contributed by atoms with Gasteiger partial charge in [0.25, 0.3) is 0 Å². The van der Waals surface area contributed by atoms with Crippen molar-refractivity contribution in [3.8, 4) is 0 Å². The second kappa shape index (κ2) is 12.5. The molecule has 5 nitrogen and oxygen atoms in total. The number of guanidine groups is 1. The maximum atomic E-state index is 12.1. The number of aliphatic imine (C=N–C) groups is 1. The molecular formula is C18H31IN4OS. The molecule has 1 heterocycles. The highest BCUT2D eigenvalue weighted by Crippen LogP contribution is 2.17. The van der Waals surface area contributed by atoms with E-state index in [9.17, 15) is 4.79 Å². The van der Waals surface area contributed by atoms with Gasteiger partial charge in [-0.15, -0.1) is 24.0 Å². The van der Waals surface area contributed by atoms with Crippen LogP contribution in [0, 0.1) is 0 Å². The van der Waals surface area contributed by atoms with Crippen LogP contribution in [0.2, 0.25) is 0 Å². The summed E-state index contributed by atoms with van der Waals surface area (Å²) < 4.78 is 0. The van der Waals surface area contributed by atoms with Gasteiger partial charge in [-0.3, -0.25) is 4.79 Å². The first-order valence-electron chi connectivity index (χ1n) is 9.02. The number of thiophene rings is 1. The van der Waals surface area contributed by atoms with Crippen molar-refractivity contribution in [2.24, 2.45) is 4.99 Å². The Morgan fingerprint density at radius 1 is 1.32 bits per heavy atom. The number of hydrogen-bond acceptors (Lipinski definition) is 3. The van der Waals surface area contributed by atoms with E-state index in [4.69, 9.17) is 0 Å². The Kier molecular flexibility index (Phi) is 11.1. The van der Waals surface area contributed by atoms with Crippen molar-refractivity contribution in [3.05, 3.63) is 22.4 Å². The Balaban J connectivity index is 0.00000312. The van der Waals surface area contributed by atoms with Crippen LogP contribution in [0.1, 0.15) is 57.4 Å². The molecule has 1 saturated carbocycles. The molecule has 1 aliphatic carbocycles. The van der Waals surface area contributed by atoms with E-state index in [0.717, 1.165) is 25.9 Å². The lowest BCUT2D eigenvalue weighted by Crippen LogP contribution is -2.41. The third-order valence-electron chi connectivity index (χ3n) is 4.38. The fourth-order valence-corrected chi connectivity index (χ4v) is 3.72. The van der Waals surface area contributed by atoms with Gasteiger partial charge in [0.2, 0.25) is 5.91 Å². The lowest BCUT2D eigenvalue weighted by molar-refractivity contribution is -0.120. The number of hydrogen-bond donors (Lipinski definition) is 3. The standard InChI is InChI=1S/C18H30N4OS.HI/c1-3-19-18(20-11-14(2)15-9-10-24-13-15)21-12-17(23)22-16-7-5-4-6-8-16;/h9-10,13-14,16H,3-8,11-12H2,1-2H3,(H,22,23)(H2,19,20,21);1H. The number of nitrogens with one attached hydrogen (secondary N) is 3. The zero-order valence-electron chi connectivity index (χ0n) is 15.2. The zero-order chi connectivity index (χ0) is 17.2. The second-order valence-corrected chi connectivity index (χ2v) is 7.22. The van der Waals surface area contributed by atoms with E-state index in [1.54, 1.807) is 11.3 Å². The summed E-state index contributed by atoms with van der Waals surface area (Å²) in [5, 5.41) is 13.9. The summed E-state index contributed by atoms with van der Waals surface area (Å²) in [5.74, 6) is 1.14. The fourth-order valence-electron chi connectivity index (χ4n) is 2.94. The molecule has 0 radical (unpaired) electrons. The summed E-state index contributed by atoms with van der Waals surface area (Å²) in [6.45, 7) is 5.98. The quantitative estimate of drug-likeness (QED) is 0.320. The molecule has 3 N–H and O–H groups in total. The molecule has 1 aliphatic rings. The summed E-state index contributed by atoms with van der Waals surface area (Å²) in [7, 11) is 0. The summed E-state index contributed by atoms with van der Waals surface area (Å²) >= 11 is 1.72. The zero-order valence-corrected chi connectivity index (χ0v) is 18.4. The average molecular weight is 478 g/mol. The molecule has 1 aromatic heterocycles. The largest absolute Gasteiger partial charge is 0.357 e. The van der Waals surface area contributed by atoms with Gasteiger partial charge in [-0.2, -0.15) is 11.3 Å². The second-order valence-electron chi connectivity index (χ2n) is 6.44. The first-order valence-corrected chi connectivity index (χ1v) is 9.97. The SMILES string of the molecule is CCNC(=NCC(=O)NC1CCCCC1)NCC(C)c1ccsc1.I. The van der Waals surface area contributed by atoms with E-state index in [2.05, 4.69) is 44.7 Å². The van der Waals surface area contributed by atoms with Gasteiger partial charge in [0.1, 0.15) is 6.54 Å². The fraction of sp³-hybridized carbons (Fsp3) is 0.667. The number of amides is 1. The van der Waals surface area contributed by atoms with Crippen molar-refractivity contribution in [1.82, 2.24) is 16.0 Å². The third-order valence-corrected chi connectivity index (χ3v) is 5.08. The maximum Gasteiger partial charge on any atom is 0.242 e. The molecule has 2 rings (SSSR count). The van der Waals surface area contributed by atoms with Crippen LogP contribution in [-0.4, -0.2) is 37.5 Å². The van der Waals surface area contributed by atoms with Crippen molar-refractivity contribution < 1.29 is 4.79 Å². The normalized spacial score (nSPS) is 16.6. The monoisotopic (exact) mass is 478 g/mol. The topological polar surface area (TPSA) is 65.5 Å². The molecule has 142 valence electrons. The molecule has 1 unspecified atom stereocenters. The highest BCUT2D eigenvalue weighted by molar-refractivity contribution is 14.0. The molecule has 1 atom stereocenters. The van der Waals surface area contributed by atoms with Crippen LogP contribution in [0.3, 0.4) is 0 Å². The van der Waals surface area contributed by atoms with Crippen molar-refractivity contribution in [1.29, 1.82) is 0 Å². The first kappa shape index (κ1) is 22.2. The van der Waals surface area contributed by atoms with Gasteiger partial charge in [0.05, 0.1) is 0 Å². The predicted molar refractivity (Wildman–Crippen MR) is 117 cm³/mol. The summed E-state index contributed by atoms with van der Waals surface area (Å²) in [6, 6.07) is 2.49. The van der Waals surface area contributed by atoms with E-state index in [0.29, 0.717) is 17.9 Å². The molecular weight excluding hydrogens is 447 g/mol. The molecule has 1 amide bonds. The predicted octanol–water partition coefficient (Wildman–Crippen LogP) is 3.47. The molecule has 0 aliphatic heterocycles. The van der Waals surface area contributed by atoms with Crippen LogP contribution in [0.15, 0.2) is 21.8 Å². The van der Waals surface area contributed by atoms with Crippen molar-refractivity contribution in [3.63, 3.8) is 0 Å². The van der Waals surface area contributed by atoms with E-state index in [1.165, 1.54) is 24.8 Å². The number of rotatable bonds is 7. The number of carbonyl (C=O) groups is 1. The Labute approximate surface area is 172 Å². The Hall–Kier alpha value is -0.830. The van der Waals surface area contributed by atoms with Crippen LogP contribution >= 0.6 is 35.3 Å². The number of nitrogens with zero attached hydrogens (tertiary/aromatic N) is 1. The molecule has 0 bridgehead atoms. The number of carbonyl (C=O) groups excluding carboxylic acids is 1. The minimum atomic E-state index is 0. The minimum Gasteiger partial charge on any atom is -0.357 e. The molecule has 0 spiro atoms. The molecule has 1 fully saturated rings. The highest BCUT2D eigenvalue weighted by atomic mass is 127. The molecule has 1 aromatic rings. The van der Waals surface area contributed by atoms with Gasteiger partial charge >= 0.3 is 0 Å². The molecule has 7 heteroatoms. The van der Waals surface area contributed by atoms with Crippen LogP contribution < -0.4 is 16.0 Å². The van der Waals surface area contributed by atoms with Gasteiger partial charge < -0.3 is 16.0 Å². The summed E-state index contributed by atoms with van der Waals surface area (Å²) in [6.07, 6.45) is 5.94. The lowest BCUT2D eigenvalue weighted by Gasteiger charge is -2.22. The van der Waals surface area contributed by atoms with Crippen LogP contribution in [0.5, 0.6) is 0 Å². The van der Waals surface area contributed by atoms with Crippen LogP contribution in [0.4, 0.5) is 0 Å². The summed E-state index contributed by atoms with van der Waals surface area (Å²) in [4.78, 5) is 16.5. The Morgan fingerprint density at radius 3 is 2.72 bits per heavy atom. The average Bonchev–Trinajstić information content (AvgIpc) is 3.12. The van der Waals surface area contributed by atoms with Gasteiger partial charge in [0.15, 0.2) is 5.96 Å². The van der Waals surface area contributed by atoms with E-state index in [-0.39, 0.29) is 36.4 Å². The summed E-state index contributed by atoms with van der Waals surface area (Å²) in [5.41, 5.74) is 1.33. The highest BCUT2D eigenvalue weighted by Gasteiger charge is 2.15. The smallest absolute Gasteiger partial charge is 0.242 e. The van der Waals surface area contributed by atoms with E-state index in [1.807, 2.05) is 6.92 Å². The van der Waals surface area contributed by atoms with Crippen LogP contribution in [-0.2, 0) is 4.79 Å². The first-order chi connectivity index (χ1) is 11.7. The van der Waals surface area contributed by atoms with Gasteiger partial charge in [-0.25, -0.2) is 4.99 Å². The van der Waals surface area contributed by atoms with Crippen molar-refractivity contribution in [2.45, 2.75) is 57.9 Å². The van der Waals surface area contributed by atoms with Crippen molar-refractivity contribution in [2.75, 3.05) is 19.6 Å². The third kappa shape index (κ3) is 8.40. The Bertz CT molecular complexity index is 515. The Morgan fingerprint density at radius 2 is 2.08 bits per heavy atom. The minimum absolute atomic E-state index is 0. The van der Waals surface area contributed by atoms with Gasteiger partial charge in [-0.05, 0) is 48.1 Å². The molecule has 0 saturated heterocycles. The lowest BCUT2D eigenvalue weighted by atomic mass is 9.95. The van der Waals surface area contributed by atoms with E-state index >= 15 is 0 Å². The maximum absolute atomic E-state index is 12.1. The van der Waals surface area contributed by atoms with Crippen LogP contribution in [0.25, 0.3) is 0 Å². The molecule has 0 aromatic carbocycles. The number of halogens is 1. The van der Waals surface area contributed by atoms with Gasteiger partial charge in [0, 0.05) is 19.1 Å². The molecule has 25 heavy (non-hydrogen) atoms.